The highest BCUT2D eigenvalue weighted by Gasteiger charge is 2.41. The van der Waals surface area contributed by atoms with E-state index in [4.69, 9.17) is 10.5 Å². The van der Waals surface area contributed by atoms with Crippen molar-refractivity contribution in [2.45, 2.75) is 64.1 Å². The molecule has 0 bridgehead atoms. The molecule has 0 aromatic rings. The number of carbonyl (C=O) groups is 1. The number of nitrogens with one attached hydrogen (secondary N) is 1. The second-order valence-corrected chi connectivity index (χ2v) is 6.26. The fourth-order valence-corrected chi connectivity index (χ4v) is 3.12. The summed E-state index contributed by atoms with van der Waals surface area (Å²) in [5, 5.41) is 3.18. The summed E-state index contributed by atoms with van der Waals surface area (Å²) in [7, 11) is 0. The Balaban J connectivity index is 1.99. The van der Waals surface area contributed by atoms with Gasteiger partial charge in [0.1, 0.15) is 0 Å². The van der Waals surface area contributed by atoms with Crippen LogP contribution in [0.25, 0.3) is 0 Å². The minimum atomic E-state index is -0.225. The molecule has 104 valence electrons. The van der Waals surface area contributed by atoms with Gasteiger partial charge in [0.25, 0.3) is 0 Å². The molecule has 1 aliphatic heterocycles. The van der Waals surface area contributed by atoms with Crippen LogP contribution in [0, 0.1) is 11.8 Å². The first-order chi connectivity index (χ1) is 8.44. The van der Waals surface area contributed by atoms with Gasteiger partial charge in [0.05, 0.1) is 17.6 Å². The zero-order valence-electron chi connectivity index (χ0n) is 11.7. The van der Waals surface area contributed by atoms with E-state index in [9.17, 15) is 4.79 Å². The van der Waals surface area contributed by atoms with Crippen LogP contribution < -0.4 is 11.1 Å². The number of carbonyl (C=O) groups excluding carboxylic acids is 1. The van der Waals surface area contributed by atoms with Gasteiger partial charge >= 0.3 is 0 Å². The van der Waals surface area contributed by atoms with E-state index in [0.29, 0.717) is 5.92 Å². The SMILES string of the molecule is CC1CCCC(C(=O)NC2(C)CCOC2C)C1N. The lowest BCUT2D eigenvalue weighted by Crippen LogP contribution is -2.56. The fourth-order valence-electron chi connectivity index (χ4n) is 3.12. The Morgan fingerprint density at radius 3 is 2.72 bits per heavy atom. The van der Waals surface area contributed by atoms with Crippen LogP contribution in [-0.2, 0) is 9.53 Å². The molecule has 0 aromatic carbocycles. The maximum absolute atomic E-state index is 12.4. The highest BCUT2D eigenvalue weighted by Crippen LogP contribution is 2.30. The van der Waals surface area contributed by atoms with Crippen molar-refractivity contribution in [1.29, 1.82) is 0 Å². The maximum Gasteiger partial charge on any atom is 0.225 e. The number of ether oxygens (including phenoxy) is 1. The van der Waals surface area contributed by atoms with Crippen molar-refractivity contribution in [1.82, 2.24) is 5.32 Å². The summed E-state index contributed by atoms with van der Waals surface area (Å²) >= 11 is 0. The maximum atomic E-state index is 12.4. The minimum Gasteiger partial charge on any atom is -0.376 e. The van der Waals surface area contributed by atoms with E-state index in [2.05, 4.69) is 19.2 Å². The monoisotopic (exact) mass is 254 g/mol. The Labute approximate surface area is 110 Å². The van der Waals surface area contributed by atoms with Crippen LogP contribution in [0.1, 0.15) is 46.5 Å². The summed E-state index contributed by atoms with van der Waals surface area (Å²) in [5.74, 6) is 0.534. The molecule has 1 amide bonds. The number of nitrogens with two attached hydrogens (primary N) is 1. The van der Waals surface area contributed by atoms with E-state index in [-0.39, 0.29) is 29.5 Å². The van der Waals surface area contributed by atoms with E-state index in [0.717, 1.165) is 32.3 Å². The zero-order valence-corrected chi connectivity index (χ0v) is 11.7. The van der Waals surface area contributed by atoms with Crippen molar-refractivity contribution >= 4 is 5.91 Å². The highest BCUT2D eigenvalue weighted by molar-refractivity contribution is 5.80. The number of hydrogen-bond donors (Lipinski definition) is 2. The molecule has 2 rings (SSSR count). The Kier molecular flexibility index (Phi) is 3.97. The van der Waals surface area contributed by atoms with Gasteiger partial charge in [-0.15, -0.1) is 0 Å². The van der Waals surface area contributed by atoms with Crippen molar-refractivity contribution in [3.8, 4) is 0 Å². The molecule has 0 spiro atoms. The molecule has 1 saturated heterocycles. The Morgan fingerprint density at radius 1 is 1.39 bits per heavy atom. The number of amides is 1. The molecule has 2 fully saturated rings. The second kappa shape index (κ2) is 5.17. The number of rotatable bonds is 2. The second-order valence-electron chi connectivity index (χ2n) is 6.26. The summed E-state index contributed by atoms with van der Waals surface area (Å²) < 4.78 is 5.56. The quantitative estimate of drug-likeness (QED) is 0.783. The molecule has 1 heterocycles. The molecule has 5 atom stereocenters. The van der Waals surface area contributed by atoms with Crippen molar-refractivity contribution < 1.29 is 9.53 Å². The van der Waals surface area contributed by atoms with Gasteiger partial charge in [-0.05, 0) is 39.0 Å². The van der Waals surface area contributed by atoms with Crippen molar-refractivity contribution in [2.75, 3.05) is 6.61 Å². The first kappa shape index (κ1) is 13.8. The van der Waals surface area contributed by atoms with Gasteiger partial charge in [-0.3, -0.25) is 4.79 Å². The fraction of sp³-hybridized carbons (Fsp3) is 0.929. The normalized spacial score (nSPS) is 44.9. The lowest BCUT2D eigenvalue weighted by molar-refractivity contribution is -0.129. The van der Waals surface area contributed by atoms with Crippen molar-refractivity contribution in [3.05, 3.63) is 0 Å². The third-order valence-corrected chi connectivity index (χ3v) is 4.93. The van der Waals surface area contributed by atoms with Crippen molar-refractivity contribution in [2.24, 2.45) is 17.6 Å². The summed E-state index contributed by atoms with van der Waals surface area (Å²) in [6.07, 6.45) is 4.14. The van der Waals surface area contributed by atoms with E-state index < -0.39 is 0 Å². The van der Waals surface area contributed by atoms with Gasteiger partial charge in [0.2, 0.25) is 5.91 Å². The van der Waals surface area contributed by atoms with E-state index in [1.165, 1.54) is 0 Å². The lowest BCUT2D eigenvalue weighted by Gasteiger charge is -2.36. The smallest absolute Gasteiger partial charge is 0.225 e. The average Bonchev–Trinajstić information content (AvgIpc) is 2.62. The zero-order chi connectivity index (χ0) is 13.3. The van der Waals surface area contributed by atoms with Gasteiger partial charge in [-0.2, -0.15) is 0 Å². The Morgan fingerprint density at radius 2 is 2.11 bits per heavy atom. The largest absolute Gasteiger partial charge is 0.376 e. The molecule has 1 saturated carbocycles. The third-order valence-electron chi connectivity index (χ3n) is 4.93. The first-order valence-electron chi connectivity index (χ1n) is 7.13. The van der Waals surface area contributed by atoms with Crippen LogP contribution >= 0.6 is 0 Å². The average molecular weight is 254 g/mol. The molecule has 5 unspecified atom stereocenters. The molecule has 2 aliphatic rings. The number of hydrogen-bond acceptors (Lipinski definition) is 3. The van der Waals surface area contributed by atoms with Gasteiger partial charge < -0.3 is 15.8 Å². The summed E-state index contributed by atoms with van der Waals surface area (Å²) in [6.45, 7) is 6.97. The third kappa shape index (κ3) is 2.54. The summed E-state index contributed by atoms with van der Waals surface area (Å²) in [6, 6.07) is -0.0000208. The van der Waals surface area contributed by atoms with Crippen LogP contribution in [0.2, 0.25) is 0 Å². The Hall–Kier alpha value is -0.610. The summed E-state index contributed by atoms with van der Waals surface area (Å²) in [5.41, 5.74) is 5.96. The van der Waals surface area contributed by atoms with Gasteiger partial charge in [-0.25, -0.2) is 0 Å². The lowest BCUT2D eigenvalue weighted by atomic mass is 9.77. The van der Waals surface area contributed by atoms with Crippen LogP contribution in [-0.4, -0.2) is 30.2 Å². The van der Waals surface area contributed by atoms with E-state index in [1.807, 2.05) is 6.92 Å². The van der Waals surface area contributed by atoms with Gasteiger partial charge in [0.15, 0.2) is 0 Å². The molecule has 3 N–H and O–H groups in total. The first-order valence-corrected chi connectivity index (χ1v) is 7.13. The molecule has 0 radical (unpaired) electrons. The topological polar surface area (TPSA) is 64.3 Å². The van der Waals surface area contributed by atoms with Crippen LogP contribution in [0.15, 0.2) is 0 Å². The molecule has 0 aromatic heterocycles. The van der Waals surface area contributed by atoms with Crippen molar-refractivity contribution in [3.63, 3.8) is 0 Å². The Bertz CT molecular complexity index is 321. The molecule has 4 nitrogen and oxygen atoms in total. The standard InChI is InChI=1S/C14H26N2O2/c1-9-5-4-6-11(12(9)15)13(17)16-14(3)7-8-18-10(14)2/h9-12H,4-8,15H2,1-3H3,(H,16,17). The molecule has 18 heavy (non-hydrogen) atoms. The molecular formula is C14H26N2O2. The van der Waals surface area contributed by atoms with E-state index in [1.54, 1.807) is 0 Å². The van der Waals surface area contributed by atoms with Gasteiger partial charge in [-0.1, -0.05) is 13.3 Å². The molecular weight excluding hydrogens is 228 g/mol. The molecule has 1 aliphatic carbocycles. The van der Waals surface area contributed by atoms with Gasteiger partial charge in [0, 0.05) is 12.6 Å². The predicted molar refractivity (Wildman–Crippen MR) is 71.1 cm³/mol. The predicted octanol–water partition coefficient (Wildman–Crippen LogP) is 1.43. The molecule has 4 heteroatoms. The minimum absolute atomic E-state index is 0.0000208. The summed E-state index contributed by atoms with van der Waals surface area (Å²) in [4.78, 5) is 12.4. The van der Waals surface area contributed by atoms with Crippen LogP contribution in [0.3, 0.4) is 0 Å². The van der Waals surface area contributed by atoms with Crippen LogP contribution in [0.4, 0.5) is 0 Å². The van der Waals surface area contributed by atoms with E-state index >= 15 is 0 Å². The highest BCUT2D eigenvalue weighted by atomic mass is 16.5. The van der Waals surface area contributed by atoms with Crippen LogP contribution in [0.5, 0.6) is 0 Å².